The molecular weight excluding hydrogens is 258 g/mol. The van der Waals surface area contributed by atoms with E-state index in [2.05, 4.69) is 20.1 Å². The summed E-state index contributed by atoms with van der Waals surface area (Å²) in [7, 11) is 1.37. The van der Waals surface area contributed by atoms with Gasteiger partial charge in [-0.1, -0.05) is 6.07 Å². The van der Waals surface area contributed by atoms with E-state index >= 15 is 0 Å². The Balaban J connectivity index is 2.16. The summed E-state index contributed by atoms with van der Waals surface area (Å²) in [5, 5.41) is 4.18. The Bertz CT molecular complexity index is 664. The SMILES string of the molecule is COC(=O)C1C(C)=Nc2ncnn2C1c1cccnc1. The smallest absolute Gasteiger partial charge is 0.316 e. The van der Waals surface area contributed by atoms with Crippen LogP contribution >= 0.6 is 0 Å². The van der Waals surface area contributed by atoms with E-state index < -0.39 is 5.92 Å². The topological polar surface area (TPSA) is 82.3 Å². The first-order valence-corrected chi connectivity index (χ1v) is 6.15. The lowest BCUT2D eigenvalue weighted by molar-refractivity contribution is -0.144. The normalized spacial score (nSPS) is 21.0. The van der Waals surface area contributed by atoms with Crippen molar-refractivity contribution in [1.82, 2.24) is 19.7 Å². The maximum absolute atomic E-state index is 12.1. The summed E-state index contributed by atoms with van der Waals surface area (Å²) in [5.41, 5.74) is 1.52. The van der Waals surface area contributed by atoms with Crippen LogP contribution < -0.4 is 0 Å². The van der Waals surface area contributed by atoms with Gasteiger partial charge in [-0.3, -0.25) is 9.78 Å². The first-order valence-electron chi connectivity index (χ1n) is 6.15. The summed E-state index contributed by atoms with van der Waals surface area (Å²) < 4.78 is 6.53. The van der Waals surface area contributed by atoms with E-state index in [1.807, 2.05) is 12.1 Å². The van der Waals surface area contributed by atoms with Crippen LogP contribution in [0.4, 0.5) is 5.95 Å². The molecular formula is C13H13N5O2. The monoisotopic (exact) mass is 271 g/mol. The van der Waals surface area contributed by atoms with Crippen LogP contribution in [0.1, 0.15) is 18.5 Å². The van der Waals surface area contributed by atoms with Crippen molar-refractivity contribution in [2.45, 2.75) is 13.0 Å². The largest absolute Gasteiger partial charge is 0.468 e. The van der Waals surface area contributed by atoms with Gasteiger partial charge in [0, 0.05) is 18.1 Å². The van der Waals surface area contributed by atoms with E-state index in [1.54, 1.807) is 24.0 Å². The molecule has 2 atom stereocenters. The maximum atomic E-state index is 12.1. The molecule has 1 aliphatic rings. The van der Waals surface area contributed by atoms with Crippen LogP contribution in [0.5, 0.6) is 0 Å². The van der Waals surface area contributed by atoms with Crippen LogP contribution in [-0.2, 0) is 9.53 Å². The molecule has 0 N–H and O–H groups in total. The van der Waals surface area contributed by atoms with Gasteiger partial charge in [-0.15, -0.1) is 0 Å². The second kappa shape index (κ2) is 4.84. The molecule has 102 valence electrons. The second-order valence-corrected chi connectivity index (χ2v) is 4.49. The lowest BCUT2D eigenvalue weighted by atomic mass is 9.89. The number of carbonyl (C=O) groups excluding carboxylic acids is 1. The molecule has 3 heterocycles. The van der Waals surface area contributed by atoms with Gasteiger partial charge in [0.05, 0.1) is 7.11 Å². The van der Waals surface area contributed by atoms with Crippen LogP contribution in [0, 0.1) is 5.92 Å². The molecule has 0 aromatic carbocycles. The third kappa shape index (κ3) is 1.87. The summed E-state index contributed by atoms with van der Waals surface area (Å²) in [6.45, 7) is 1.79. The number of aliphatic imine (C=N–C) groups is 1. The Morgan fingerprint density at radius 2 is 2.30 bits per heavy atom. The first kappa shape index (κ1) is 12.5. The summed E-state index contributed by atoms with van der Waals surface area (Å²) in [6, 6.07) is 3.38. The summed E-state index contributed by atoms with van der Waals surface area (Å²) in [4.78, 5) is 24.6. The number of carbonyl (C=O) groups is 1. The van der Waals surface area contributed by atoms with Gasteiger partial charge in [0.25, 0.3) is 0 Å². The minimum atomic E-state index is -0.529. The number of rotatable bonds is 2. The fourth-order valence-electron chi connectivity index (χ4n) is 2.43. The lowest BCUT2D eigenvalue weighted by Crippen LogP contribution is -2.36. The van der Waals surface area contributed by atoms with Crippen molar-refractivity contribution in [3.05, 3.63) is 36.4 Å². The van der Waals surface area contributed by atoms with Gasteiger partial charge < -0.3 is 4.74 Å². The molecule has 1 aliphatic heterocycles. The quantitative estimate of drug-likeness (QED) is 0.765. The zero-order valence-corrected chi connectivity index (χ0v) is 11.1. The third-order valence-electron chi connectivity index (χ3n) is 3.34. The minimum Gasteiger partial charge on any atom is -0.468 e. The highest BCUT2D eigenvalue weighted by molar-refractivity contribution is 6.03. The zero-order chi connectivity index (χ0) is 14.1. The van der Waals surface area contributed by atoms with Crippen molar-refractivity contribution >= 4 is 17.6 Å². The molecule has 0 aliphatic carbocycles. The average molecular weight is 271 g/mol. The Hall–Kier alpha value is -2.57. The zero-order valence-electron chi connectivity index (χ0n) is 11.1. The van der Waals surface area contributed by atoms with Crippen LogP contribution in [0.3, 0.4) is 0 Å². The molecule has 7 heteroatoms. The number of pyridine rings is 1. The molecule has 3 rings (SSSR count). The summed E-state index contributed by atoms with van der Waals surface area (Å²) in [5.74, 6) is -0.392. The molecule has 2 unspecified atom stereocenters. The van der Waals surface area contributed by atoms with Gasteiger partial charge in [-0.2, -0.15) is 10.1 Å². The first-order chi connectivity index (χ1) is 9.72. The molecule has 0 fully saturated rings. The predicted molar refractivity (Wildman–Crippen MR) is 70.7 cm³/mol. The number of fused-ring (bicyclic) bond motifs is 1. The Labute approximate surface area is 115 Å². The number of ether oxygens (including phenoxy) is 1. The van der Waals surface area contributed by atoms with Gasteiger partial charge >= 0.3 is 5.97 Å². The van der Waals surface area contributed by atoms with Crippen molar-refractivity contribution in [2.24, 2.45) is 10.9 Å². The Morgan fingerprint density at radius 3 is 3.00 bits per heavy atom. The number of nitrogens with zero attached hydrogens (tertiary/aromatic N) is 5. The van der Waals surface area contributed by atoms with E-state index in [0.717, 1.165) is 5.56 Å². The standard InChI is InChI=1S/C13H13N5O2/c1-8-10(12(19)20-2)11(9-4-3-5-14-6-9)18-13(17-8)15-7-16-18/h3-7,10-11H,1-2H3. The highest BCUT2D eigenvalue weighted by Crippen LogP contribution is 2.34. The number of aromatic nitrogens is 4. The Morgan fingerprint density at radius 1 is 1.45 bits per heavy atom. The van der Waals surface area contributed by atoms with E-state index in [1.165, 1.54) is 13.4 Å². The second-order valence-electron chi connectivity index (χ2n) is 4.49. The van der Waals surface area contributed by atoms with Gasteiger partial charge in [-0.05, 0) is 18.6 Å². The van der Waals surface area contributed by atoms with Crippen molar-refractivity contribution in [3.63, 3.8) is 0 Å². The van der Waals surface area contributed by atoms with Gasteiger partial charge in [0.1, 0.15) is 18.3 Å². The highest BCUT2D eigenvalue weighted by atomic mass is 16.5. The number of methoxy groups -OCH3 is 1. The number of esters is 1. The molecule has 0 spiro atoms. The number of hydrogen-bond acceptors (Lipinski definition) is 6. The Kier molecular flexibility index (Phi) is 3.02. The van der Waals surface area contributed by atoms with Crippen molar-refractivity contribution in [3.8, 4) is 0 Å². The van der Waals surface area contributed by atoms with Crippen molar-refractivity contribution in [1.29, 1.82) is 0 Å². The number of hydrogen-bond donors (Lipinski definition) is 0. The highest BCUT2D eigenvalue weighted by Gasteiger charge is 2.39. The van der Waals surface area contributed by atoms with Gasteiger partial charge in [0.2, 0.25) is 5.95 Å². The van der Waals surface area contributed by atoms with E-state index in [4.69, 9.17) is 4.74 Å². The predicted octanol–water partition coefficient (Wildman–Crippen LogP) is 1.16. The average Bonchev–Trinajstić information content (AvgIpc) is 2.93. The van der Waals surface area contributed by atoms with E-state index in [9.17, 15) is 4.79 Å². The maximum Gasteiger partial charge on any atom is 0.316 e. The minimum absolute atomic E-state index is 0.342. The van der Waals surface area contributed by atoms with Crippen LogP contribution in [0.15, 0.2) is 35.8 Å². The van der Waals surface area contributed by atoms with Crippen LogP contribution in [-0.4, -0.2) is 38.5 Å². The van der Waals surface area contributed by atoms with E-state index in [0.29, 0.717) is 11.7 Å². The molecule has 0 saturated carbocycles. The van der Waals surface area contributed by atoms with Crippen LogP contribution in [0.25, 0.3) is 0 Å². The third-order valence-corrected chi connectivity index (χ3v) is 3.34. The molecule has 2 aromatic rings. The molecule has 20 heavy (non-hydrogen) atoms. The van der Waals surface area contributed by atoms with Crippen molar-refractivity contribution in [2.75, 3.05) is 7.11 Å². The molecule has 0 amide bonds. The molecule has 0 radical (unpaired) electrons. The fourth-order valence-corrected chi connectivity index (χ4v) is 2.43. The van der Waals surface area contributed by atoms with E-state index in [-0.39, 0.29) is 12.0 Å². The molecule has 2 aromatic heterocycles. The molecule has 7 nitrogen and oxygen atoms in total. The lowest BCUT2D eigenvalue weighted by Gasteiger charge is -2.29. The fraction of sp³-hybridized carbons (Fsp3) is 0.308. The summed E-state index contributed by atoms with van der Waals surface area (Å²) in [6.07, 6.45) is 4.82. The van der Waals surface area contributed by atoms with Gasteiger partial charge in [-0.25, -0.2) is 9.67 Å². The van der Waals surface area contributed by atoms with Crippen LogP contribution in [0.2, 0.25) is 0 Å². The van der Waals surface area contributed by atoms with Crippen molar-refractivity contribution < 1.29 is 9.53 Å². The molecule has 0 bridgehead atoms. The van der Waals surface area contributed by atoms with Gasteiger partial charge in [0.15, 0.2) is 0 Å². The molecule has 0 saturated heterocycles. The summed E-state index contributed by atoms with van der Waals surface area (Å²) >= 11 is 0.